The molecule has 2 heterocycles. The molecule has 2 N–H and O–H groups in total. The van der Waals surface area contributed by atoms with Gasteiger partial charge in [-0.25, -0.2) is 0 Å². The molecule has 2 rings (SSSR count). The van der Waals surface area contributed by atoms with Crippen molar-refractivity contribution in [2.45, 2.75) is 32.9 Å². The summed E-state index contributed by atoms with van der Waals surface area (Å²) in [4.78, 5) is 6.81. The van der Waals surface area contributed by atoms with Crippen LogP contribution >= 0.6 is 0 Å². The summed E-state index contributed by atoms with van der Waals surface area (Å²) in [5.74, 6) is 0.664. The van der Waals surface area contributed by atoms with Gasteiger partial charge in [0.25, 0.3) is 0 Å². The Hall–Kier alpha value is -0.930. The number of rotatable bonds is 3. The molecular formula is C13H21N3. The minimum atomic E-state index is 0.319. The molecule has 1 fully saturated rings. The van der Waals surface area contributed by atoms with Gasteiger partial charge in [-0.1, -0.05) is 6.07 Å². The Morgan fingerprint density at radius 2 is 2.44 bits per heavy atom. The summed E-state index contributed by atoms with van der Waals surface area (Å²) in [6.45, 7) is 7.51. The number of likely N-dealkylation sites (tertiary alicyclic amines) is 1. The van der Waals surface area contributed by atoms with E-state index in [4.69, 9.17) is 5.73 Å². The fourth-order valence-electron chi connectivity index (χ4n) is 2.36. The molecule has 3 nitrogen and oxygen atoms in total. The van der Waals surface area contributed by atoms with E-state index in [-0.39, 0.29) is 0 Å². The average molecular weight is 219 g/mol. The first-order valence-corrected chi connectivity index (χ1v) is 6.05. The van der Waals surface area contributed by atoms with Crippen molar-refractivity contribution in [3.8, 4) is 0 Å². The molecule has 2 unspecified atom stereocenters. The van der Waals surface area contributed by atoms with Gasteiger partial charge in [0.2, 0.25) is 0 Å². The molecule has 2 atom stereocenters. The quantitative estimate of drug-likeness (QED) is 0.839. The van der Waals surface area contributed by atoms with E-state index >= 15 is 0 Å². The third kappa shape index (κ3) is 2.60. The van der Waals surface area contributed by atoms with Crippen molar-refractivity contribution in [3.63, 3.8) is 0 Å². The molecule has 3 heteroatoms. The standard InChI is InChI=1S/C13H21N3/c1-10(14)12-5-7-16(8-12)9-13-4-3-6-15-11(13)2/h3-4,6,10,12H,5,7-9,14H2,1-2H3. The molecule has 0 amide bonds. The highest BCUT2D eigenvalue weighted by atomic mass is 15.1. The molecule has 88 valence electrons. The Balaban J connectivity index is 1.95. The topological polar surface area (TPSA) is 42.2 Å². The molecule has 0 spiro atoms. The molecule has 0 bridgehead atoms. The number of aromatic nitrogens is 1. The maximum absolute atomic E-state index is 5.94. The van der Waals surface area contributed by atoms with Crippen LogP contribution in [0.4, 0.5) is 0 Å². The van der Waals surface area contributed by atoms with Crippen LogP contribution in [0.1, 0.15) is 24.6 Å². The van der Waals surface area contributed by atoms with E-state index in [2.05, 4.69) is 29.8 Å². The fourth-order valence-corrected chi connectivity index (χ4v) is 2.36. The predicted octanol–water partition coefficient (Wildman–Crippen LogP) is 1.56. The Morgan fingerprint density at radius 3 is 3.06 bits per heavy atom. The lowest BCUT2D eigenvalue weighted by Crippen LogP contribution is -2.29. The van der Waals surface area contributed by atoms with Gasteiger partial charge in [0, 0.05) is 31.0 Å². The summed E-state index contributed by atoms with van der Waals surface area (Å²) in [6, 6.07) is 4.50. The monoisotopic (exact) mass is 219 g/mol. The molecule has 1 aromatic heterocycles. The molecule has 0 aliphatic carbocycles. The third-order valence-electron chi connectivity index (χ3n) is 3.56. The number of nitrogens with two attached hydrogens (primary N) is 1. The van der Waals surface area contributed by atoms with Gasteiger partial charge in [0.15, 0.2) is 0 Å². The highest BCUT2D eigenvalue weighted by Crippen LogP contribution is 2.21. The van der Waals surface area contributed by atoms with Gasteiger partial charge in [-0.3, -0.25) is 9.88 Å². The van der Waals surface area contributed by atoms with E-state index in [0.29, 0.717) is 12.0 Å². The van der Waals surface area contributed by atoms with Gasteiger partial charge in [0.05, 0.1) is 0 Å². The zero-order valence-electron chi connectivity index (χ0n) is 10.2. The van der Waals surface area contributed by atoms with Crippen molar-refractivity contribution in [1.29, 1.82) is 0 Å². The van der Waals surface area contributed by atoms with Crippen molar-refractivity contribution >= 4 is 0 Å². The van der Waals surface area contributed by atoms with Gasteiger partial charge in [-0.2, -0.15) is 0 Å². The van der Waals surface area contributed by atoms with Crippen LogP contribution in [0.25, 0.3) is 0 Å². The largest absolute Gasteiger partial charge is 0.328 e. The highest BCUT2D eigenvalue weighted by Gasteiger charge is 2.25. The van der Waals surface area contributed by atoms with E-state index in [0.717, 1.165) is 18.8 Å². The molecule has 0 aromatic carbocycles. The first kappa shape index (κ1) is 11.6. The molecule has 1 aliphatic heterocycles. The van der Waals surface area contributed by atoms with Crippen LogP contribution in [0.2, 0.25) is 0 Å². The maximum atomic E-state index is 5.94. The molecule has 0 radical (unpaired) electrons. The number of nitrogens with zero attached hydrogens (tertiary/aromatic N) is 2. The van der Waals surface area contributed by atoms with Crippen molar-refractivity contribution < 1.29 is 0 Å². The molecule has 0 saturated carbocycles. The zero-order valence-corrected chi connectivity index (χ0v) is 10.2. The van der Waals surface area contributed by atoms with Crippen molar-refractivity contribution in [2.24, 2.45) is 11.7 Å². The summed E-state index contributed by atoms with van der Waals surface area (Å²) in [6.07, 6.45) is 3.09. The maximum Gasteiger partial charge on any atom is 0.0417 e. The lowest BCUT2D eigenvalue weighted by Gasteiger charge is -2.18. The van der Waals surface area contributed by atoms with Crippen LogP contribution in [0.15, 0.2) is 18.3 Å². The van der Waals surface area contributed by atoms with Crippen LogP contribution in [0.3, 0.4) is 0 Å². The van der Waals surface area contributed by atoms with E-state index in [1.165, 1.54) is 18.5 Å². The lowest BCUT2D eigenvalue weighted by atomic mass is 10.0. The Morgan fingerprint density at radius 1 is 1.62 bits per heavy atom. The summed E-state index contributed by atoms with van der Waals surface area (Å²) in [7, 11) is 0. The van der Waals surface area contributed by atoms with Crippen LogP contribution in [0.5, 0.6) is 0 Å². The van der Waals surface area contributed by atoms with E-state index < -0.39 is 0 Å². The first-order chi connectivity index (χ1) is 7.66. The molecule has 1 aromatic rings. The fraction of sp³-hybridized carbons (Fsp3) is 0.615. The second-order valence-corrected chi connectivity index (χ2v) is 4.89. The second-order valence-electron chi connectivity index (χ2n) is 4.89. The third-order valence-corrected chi connectivity index (χ3v) is 3.56. The van der Waals surface area contributed by atoms with Crippen LogP contribution < -0.4 is 5.73 Å². The predicted molar refractivity (Wildman–Crippen MR) is 66.0 cm³/mol. The van der Waals surface area contributed by atoms with Gasteiger partial charge in [0.1, 0.15) is 0 Å². The zero-order chi connectivity index (χ0) is 11.5. The average Bonchev–Trinajstić information content (AvgIpc) is 2.70. The number of hydrogen-bond donors (Lipinski definition) is 1. The summed E-state index contributed by atoms with van der Waals surface area (Å²) < 4.78 is 0. The van der Waals surface area contributed by atoms with E-state index in [1.807, 2.05) is 12.3 Å². The SMILES string of the molecule is Cc1ncccc1CN1CCC(C(C)N)C1. The van der Waals surface area contributed by atoms with Gasteiger partial charge in [-0.15, -0.1) is 0 Å². The lowest BCUT2D eigenvalue weighted by molar-refractivity contribution is 0.307. The van der Waals surface area contributed by atoms with Crippen LogP contribution in [-0.4, -0.2) is 29.0 Å². The van der Waals surface area contributed by atoms with E-state index in [9.17, 15) is 0 Å². The van der Waals surface area contributed by atoms with Gasteiger partial charge < -0.3 is 5.73 Å². The molecule has 1 aliphatic rings. The first-order valence-electron chi connectivity index (χ1n) is 6.05. The Bertz CT molecular complexity index is 349. The van der Waals surface area contributed by atoms with Crippen molar-refractivity contribution in [3.05, 3.63) is 29.6 Å². The summed E-state index contributed by atoms with van der Waals surface area (Å²) in [5.41, 5.74) is 8.43. The van der Waals surface area contributed by atoms with Crippen molar-refractivity contribution in [2.75, 3.05) is 13.1 Å². The van der Waals surface area contributed by atoms with Crippen LogP contribution in [0, 0.1) is 12.8 Å². The Labute approximate surface area is 97.7 Å². The minimum absolute atomic E-state index is 0.319. The number of pyridine rings is 1. The molecule has 1 saturated heterocycles. The van der Waals surface area contributed by atoms with Crippen LogP contribution in [-0.2, 0) is 6.54 Å². The molecule has 16 heavy (non-hydrogen) atoms. The number of hydrogen-bond acceptors (Lipinski definition) is 3. The van der Waals surface area contributed by atoms with Gasteiger partial charge in [-0.05, 0) is 44.4 Å². The van der Waals surface area contributed by atoms with Gasteiger partial charge >= 0.3 is 0 Å². The normalized spacial score (nSPS) is 23.6. The minimum Gasteiger partial charge on any atom is -0.328 e. The Kier molecular flexibility index (Phi) is 3.56. The summed E-state index contributed by atoms with van der Waals surface area (Å²) in [5, 5.41) is 0. The summed E-state index contributed by atoms with van der Waals surface area (Å²) >= 11 is 0. The second kappa shape index (κ2) is 4.93. The highest BCUT2D eigenvalue weighted by molar-refractivity contribution is 5.18. The number of aryl methyl sites for hydroxylation is 1. The van der Waals surface area contributed by atoms with Crippen molar-refractivity contribution in [1.82, 2.24) is 9.88 Å². The smallest absolute Gasteiger partial charge is 0.0417 e. The van der Waals surface area contributed by atoms with E-state index in [1.54, 1.807) is 0 Å². The molecular weight excluding hydrogens is 198 g/mol.